The molecule has 0 aliphatic heterocycles. The highest BCUT2D eigenvalue weighted by Crippen LogP contribution is 2.04. The maximum atomic E-state index is 11.3. The van der Waals surface area contributed by atoms with Crippen molar-refractivity contribution < 1.29 is 14.6 Å². The third kappa shape index (κ3) is 6.54. The van der Waals surface area contributed by atoms with E-state index in [0.717, 1.165) is 0 Å². The molecule has 0 bridgehead atoms. The molecule has 78 valence electrons. The predicted octanol–water partition coefficient (Wildman–Crippen LogP) is 0.252. The number of carbonyl (C=O) groups excluding carboxylic acids is 1. The van der Waals surface area contributed by atoms with Crippen LogP contribution in [0.25, 0.3) is 0 Å². The van der Waals surface area contributed by atoms with Gasteiger partial charge in [-0.15, -0.1) is 0 Å². The number of amides is 1. The van der Waals surface area contributed by atoms with Crippen LogP contribution in [0.15, 0.2) is 0 Å². The lowest BCUT2D eigenvalue weighted by Crippen LogP contribution is -2.39. The summed E-state index contributed by atoms with van der Waals surface area (Å²) >= 11 is 0. The zero-order chi connectivity index (χ0) is 10.5. The number of hydrogen-bond donors (Lipinski definition) is 1. The predicted molar refractivity (Wildman–Crippen MR) is 50.4 cm³/mol. The standard InChI is InChI=1S/C9H19NO3/c1-9(2,12)7-10(3)8(11)5-6-13-4/h12H,5-7H2,1-4H3. The molecule has 0 unspecified atom stereocenters. The SMILES string of the molecule is COCCC(=O)N(C)CC(C)(C)O. The van der Waals surface area contributed by atoms with E-state index in [1.807, 2.05) is 0 Å². The third-order valence-corrected chi connectivity index (χ3v) is 1.57. The molecule has 4 nitrogen and oxygen atoms in total. The first kappa shape index (κ1) is 12.4. The van der Waals surface area contributed by atoms with E-state index in [1.165, 1.54) is 4.90 Å². The molecule has 0 aromatic rings. The average Bonchev–Trinajstić information content (AvgIpc) is 1.96. The van der Waals surface area contributed by atoms with Gasteiger partial charge in [0.1, 0.15) is 0 Å². The smallest absolute Gasteiger partial charge is 0.224 e. The molecule has 4 heteroatoms. The first-order chi connectivity index (χ1) is 5.87. The zero-order valence-electron chi connectivity index (χ0n) is 8.83. The summed E-state index contributed by atoms with van der Waals surface area (Å²) in [6.45, 7) is 4.12. The fraction of sp³-hybridized carbons (Fsp3) is 0.889. The Hall–Kier alpha value is -0.610. The Balaban J connectivity index is 3.83. The lowest BCUT2D eigenvalue weighted by atomic mass is 10.1. The van der Waals surface area contributed by atoms with Gasteiger partial charge in [-0.25, -0.2) is 0 Å². The third-order valence-electron chi connectivity index (χ3n) is 1.57. The van der Waals surface area contributed by atoms with Gasteiger partial charge in [-0.2, -0.15) is 0 Å². The van der Waals surface area contributed by atoms with Crippen LogP contribution < -0.4 is 0 Å². The van der Waals surface area contributed by atoms with Crippen molar-refractivity contribution in [1.82, 2.24) is 4.90 Å². The van der Waals surface area contributed by atoms with E-state index >= 15 is 0 Å². The molecule has 0 spiro atoms. The molecular weight excluding hydrogens is 170 g/mol. The Kier molecular flexibility index (Phi) is 4.95. The molecule has 13 heavy (non-hydrogen) atoms. The lowest BCUT2D eigenvalue weighted by Gasteiger charge is -2.25. The van der Waals surface area contributed by atoms with Crippen molar-refractivity contribution in [3.63, 3.8) is 0 Å². The van der Waals surface area contributed by atoms with Gasteiger partial charge < -0.3 is 14.7 Å². The zero-order valence-corrected chi connectivity index (χ0v) is 8.83. The highest BCUT2D eigenvalue weighted by atomic mass is 16.5. The molecule has 0 rings (SSSR count). The van der Waals surface area contributed by atoms with Gasteiger partial charge in [-0.05, 0) is 13.8 Å². The van der Waals surface area contributed by atoms with Gasteiger partial charge in [-0.3, -0.25) is 4.79 Å². The van der Waals surface area contributed by atoms with Crippen molar-refractivity contribution in [3.05, 3.63) is 0 Å². The molecule has 0 atom stereocenters. The summed E-state index contributed by atoms with van der Waals surface area (Å²) in [5.41, 5.74) is -0.836. The summed E-state index contributed by atoms with van der Waals surface area (Å²) in [7, 11) is 3.24. The number of aliphatic hydroxyl groups is 1. The number of hydrogen-bond acceptors (Lipinski definition) is 3. The van der Waals surface area contributed by atoms with Crippen LogP contribution in [0.2, 0.25) is 0 Å². The molecule has 1 amide bonds. The maximum Gasteiger partial charge on any atom is 0.224 e. The fourth-order valence-corrected chi connectivity index (χ4v) is 1.05. The van der Waals surface area contributed by atoms with Gasteiger partial charge in [0.15, 0.2) is 0 Å². The molecule has 0 saturated heterocycles. The molecule has 0 heterocycles. The Morgan fingerprint density at radius 2 is 2.08 bits per heavy atom. The summed E-state index contributed by atoms with van der Waals surface area (Å²) in [6, 6.07) is 0. The Morgan fingerprint density at radius 3 is 2.46 bits per heavy atom. The first-order valence-corrected chi connectivity index (χ1v) is 4.32. The number of methoxy groups -OCH3 is 1. The van der Waals surface area contributed by atoms with Crippen molar-refractivity contribution in [2.45, 2.75) is 25.9 Å². The fourth-order valence-electron chi connectivity index (χ4n) is 1.05. The Labute approximate surface area is 79.5 Å². The minimum Gasteiger partial charge on any atom is -0.389 e. The van der Waals surface area contributed by atoms with E-state index in [-0.39, 0.29) is 5.91 Å². The summed E-state index contributed by atoms with van der Waals surface area (Å²) < 4.78 is 4.78. The Bertz CT molecular complexity index is 163. The number of carbonyl (C=O) groups is 1. The molecular formula is C9H19NO3. The monoisotopic (exact) mass is 189 g/mol. The normalized spacial score (nSPS) is 11.5. The summed E-state index contributed by atoms with van der Waals surface area (Å²) in [6.07, 6.45) is 0.364. The van der Waals surface area contributed by atoms with Crippen molar-refractivity contribution in [2.24, 2.45) is 0 Å². The van der Waals surface area contributed by atoms with E-state index < -0.39 is 5.60 Å². The van der Waals surface area contributed by atoms with E-state index in [4.69, 9.17) is 4.74 Å². The molecule has 0 saturated carbocycles. The van der Waals surface area contributed by atoms with Crippen LogP contribution in [0, 0.1) is 0 Å². The van der Waals surface area contributed by atoms with Gasteiger partial charge >= 0.3 is 0 Å². The first-order valence-electron chi connectivity index (χ1n) is 4.32. The number of likely N-dealkylation sites (N-methyl/N-ethyl adjacent to an activating group) is 1. The van der Waals surface area contributed by atoms with Gasteiger partial charge in [0.05, 0.1) is 18.6 Å². The van der Waals surface area contributed by atoms with E-state index in [0.29, 0.717) is 19.6 Å². The molecule has 0 fully saturated rings. The number of ether oxygens (including phenoxy) is 1. The van der Waals surface area contributed by atoms with Crippen molar-refractivity contribution in [2.75, 3.05) is 27.3 Å². The average molecular weight is 189 g/mol. The molecule has 1 N–H and O–H groups in total. The minimum atomic E-state index is -0.836. The maximum absolute atomic E-state index is 11.3. The van der Waals surface area contributed by atoms with Crippen LogP contribution in [0.3, 0.4) is 0 Å². The topological polar surface area (TPSA) is 49.8 Å². The highest BCUT2D eigenvalue weighted by molar-refractivity contribution is 5.76. The molecule has 0 aromatic heterocycles. The van der Waals surface area contributed by atoms with Gasteiger partial charge in [0, 0.05) is 20.7 Å². The summed E-state index contributed by atoms with van der Waals surface area (Å²) in [5, 5.41) is 9.44. The molecule has 0 aromatic carbocycles. The lowest BCUT2D eigenvalue weighted by molar-refractivity contribution is -0.133. The van der Waals surface area contributed by atoms with Crippen molar-refractivity contribution in [3.8, 4) is 0 Å². The minimum absolute atomic E-state index is 0.0102. The van der Waals surface area contributed by atoms with Gasteiger partial charge in [-0.1, -0.05) is 0 Å². The molecule has 0 radical (unpaired) electrons. The van der Waals surface area contributed by atoms with Gasteiger partial charge in [0.25, 0.3) is 0 Å². The van der Waals surface area contributed by atoms with Crippen LogP contribution >= 0.6 is 0 Å². The quantitative estimate of drug-likeness (QED) is 0.674. The Morgan fingerprint density at radius 1 is 1.54 bits per heavy atom. The van der Waals surface area contributed by atoms with E-state index in [9.17, 15) is 9.90 Å². The largest absolute Gasteiger partial charge is 0.389 e. The van der Waals surface area contributed by atoms with Crippen LogP contribution in [-0.4, -0.2) is 48.8 Å². The van der Waals surface area contributed by atoms with Crippen molar-refractivity contribution >= 4 is 5.91 Å². The number of rotatable bonds is 5. The van der Waals surface area contributed by atoms with Crippen molar-refractivity contribution in [1.29, 1.82) is 0 Å². The van der Waals surface area contributed by atoms with E-state index in [2.05, 4.69) is 0 Å². The second kappa shape index (κ2) is 5.19. The van der Waals surface area contributed by atoms with Crippen LogP contribution in [0.5, 0.6) is 0 Å². The van der Waals surface area contributed by atoms with Crippen LogP contribution in [0.1, 0.15) is 20.3 Å². The van der Waals surface area contributed by atoms with E-state index in [1.54, 1.807) is 28.0 Å². The second-order valence-electron chi connectivity index (χ2n) is 3.81. The van der Waals surface area contributed by atoms with Crippen LogP contribution in [0.4, 0.5) is 0 Å². The second-order valence-corrected chi connectivity index (χ2v) is 3.81. The van der Waals surface area contributed by atoms with Gasteiger partial charge in [0.2, 0.25) is 5.91 Å². The molecule has 0 aliphatic rings. The molecule has 0 aliphatic carbocycles. The summed E-state index contributed by atoms with van der Waals surface area (Å²) in [4.78, 5) is 12.8. The van der Waals surface area contributed by atoms with Crippen LogP contribution in [-0.2, 0) is 9.53 Å². The highest BCUT2D eigenvalue weighted by Gasteiger charge is 2.18. The number of nitrogens with zero attached hydrogens (tertiary/aromatic N) is 1. The summed E-state index contributed by atoms with van der Waals surface area (Å²) in [5.74, 6) is -0.0102.